The van der Waals surface area contributed by atoms with E-state index in [1.54, 1.807) is 13.8 Å². The van der Waals surface area contributed by atoms with E-state index in [4.69, 9.17) is 11.6 Å². The first-order chi connectivity index (χ1) is 9.27. The van der Waals surface area contributed by atoms with E-state index in [0.29, 0.717) is 13.1 Å². The monoisotopic (exact) mass is 310 g/mol. The SMILES string of the molecule is CCNC(=O)CN(CC)c1cc(Cl)nc(C(F)(F)F)n1. The maximum absolute atomic E-state index is 12.6. The number of alkyl halides is 3. The topological polar surface area (TPSA) is 58.1 Å². The third kappa shape index (κ3) is 4.52. The standard InChI is InChI=1S/C11H14ClF3N4O/c1-3-16-9(20)6-19(4-2)8-5-7(12)17-10(18-8)11(13,14)15/h5H,3-4,6H2,1-2H3,(H,16,20). The molecule has 1 amide bonds. The van der Waals surface area contributed by atoms with Gasteiger partial charge in [0.15, 0.2) is 0 Å². The molecular formula is C11H14ClF3N4O. The molecule has 0 fully saturated rings. The quantitative estimate of drug-likeness (QED) is 0.846. The van der Waals surface area contributed by atoms with Gasteiger partial charge in [-0.3, -0.25) is 4.79 Å². The molecule has 0 aliphatic heterocycles. The Balaban J connectivity index is 3.03. The summed E-state index contributed by atoms with van der Waals surface area (Å²) in [4.78, 5) is 19.4. The number of carbonyl (C=O) groups is 1. The molecule has 9 heteroatoms. The highest BCUT2D eigenvalue weighted by atomic mass is 35.5. The highest BCUT2D eigenvalue weighted by molar-refractivity contribution is 6.29. The van der Waals surface area contributed by atoms with E-state index in [2.05, 4.69) is 15.3 Å². The lowest BCUT2D eigenvalue weighted by molar-refractivity contribution is -0.144. The number of rotatable bonds is 5. The molecule has 1 N–H and O–H groups in total. The molecule has 0 spiro atoms. The van der Waals surface area contributed by atoms with Crippen LogP contribution in [0.25, 0.3) is 0 Å². The number of hydrogen-bond donors (Lipinski definition) is 1. The van der Waals surface area contributed by atoms with Crippen LogP contribution in [-0.2, 0) is 11.0 Å². The van der Waals surface area contributed by atoms with Gasteiger partial charge in [0.1, 0.15) is 11.0 Å². The molecule has 1 aromatic heterocycles. The van der Waals surface area contributed by atoms with Gasteiger partial charge < -0.3 is 10.2 Å². The molecule has 5 nitrogen and oxygen atoms in total. The third-order valence-electron chi connectivity index (χ3n) is 2.35. The molecule has 0 saturated heterocycles. The Bertz CT molecular complexity index is 481. The van der Waals surface area contributed by atoms with E-state index in [1.165, 1.54) is 11.0 Å². The summed E-state index contributed by atoms with van der Waals surface area (Å²) in [6.45, 7) is 4.09. The van der Waals surface area contributed by atoms with Crippen LogP contribution in [0, 0.1) is 0 Å². The van der Waals surface area contributed by atoms with Gasteiger partial charge in [0.05, 0.1) is 6.54 Å². The Hall–Kier alpha value is -1.57. The number of halogens is 4. The van der Waals surface area contributed by atoms with E-state index in [-0.39, 0.29) is 23.4 Å². The van der Waals surface area contributed by atoms with Gasteiger partial charge in [0.2, 0.25) is 11.7 Å². The molecule has 0 bridgehead atoms. The fourth-order valence-electron chi connectivity index (χ4n) is 1.48. The molecule has 0 aliphatic rings. The highest BCUT2D eigenvalue weighted by Crippen LogP contribution is 2.29. The number of amides is 1. The van der Waals surface area contributed by atoms with Crippen molar-refractivity contribution < 1.29 is 18.0 Å². The number of nitrogens with zero attached hydrogens (tertiary/aromatic N) is 3. The van der Waals surface area contributed by atoms with E-state index in [1.807, 2.05) is 0 Å². The second-order valence-corrected chi connectivity index (χ2v) is 4.23. The first kappa shape index (κ1) is 16.5. The molecule has 1 rings (SSSR count). The number of likely N-dealkylation sites (N-methyl/N-ethyl adjacent to an activating group) is 2. The maximum Gasteiger partial charge on any atom is 0.451 e. The molecule has 0 radical (unpaired) electrons. The van der Waals surface area contributed by atoms with E-state index >= 15 is 0 Å². The Morgan fingerprint density at radius 1 is 1.40 bits per heavy atom. The van der Waals surface area contributed by atoms with Crippen molar-refractivity contribution in [3.8, 4) is 0 Å². The van der Waals surface area contributed by atoms with E-state index in [0.717, 1.165) is 0 Å². The summed E-state index contributed by atoms with van der Waals surface area (Å²) < 4.78 is 37.9. The molecule has 0 atom stereocenters. The minimum atomic E-state index is -4.69. The van der Waals surface area contributed by atoms with Crippen LogP contribution >= 0.6 is 11.6 Å². The van der Waals surface area contributed by atoms with E-state index < -0.39 is 12.0 Å². The van der Waals surface area contributed by atoms with Crippen molar-refractivity contribution in [2.75, 3.05) is 24.5 Å². The lowest BCUT2D eigenvalue weighted by Gasteiger charge is -2.22. The maximum atomic E-state index is 12.6. The zero-order valence-electron chi connectivity index (χ0n) is 11.0. The summed E-state index contributed by atoms with van der Waals surface area (Å²) in [6, 6.07) is 1.19. The molecule has 112 valence electrons. The van der Waals surface area contributed by atoms with Gasteiger partial charge in [-0.25, -0.2) is 9.97 Å². The van der Waals surface area contributed by atoms with Crippen molar-refractivity contribution in [1.82, 2.24) is 15.3 Å². The van der Waals surface area contributed by atoms with Crippen molar-refractivity contribution in [2.24, 2.45) is 0 Å². The smallest absolute Gasteiger partial charge is 0.355 e. The average molecular weight is 311 g/mol. The largest absolute Gasteiger partial charge is 0.451 e. The second-order valence-electron chi connectivity index (χ2n) is 3.84. The molecule has 1 heterocycles. The van der Waals surface area contributed by atoms with Crippen molar-refractivity contribution in [2.45, 2.75) is 20.0 Å². The van der Waals surface area contributed by atoms with Crippen LogP contribution in [0.1, 0.15) is 19.7 Å². The van der Waals surface area contributed by atoms with Crippen LogP contribution < -0.4 is 10.2 Å². The summed E-state index contributed by atoms with van der Waals surface area (Å²) in [6.07, 6.45) is -4.69. The van der Waals surface area contributed by atoms with Gasteiger partial charge in [-0.15, -0.1) is 0 Å². The lowest BCUT2D eigenvalue weighted by Crippen LogP contribution is -2.37. The number of nitrogens with one attached hydrogen (secondary N) is 1. The number of aromatic nitrogens is 2. The predicted octanol–water partition coefficient (Wildman–Crippen LogP) is 2.11. The minimum Gasteiger partial charge on any atom is -0.355 e. The summed E-state index contributed by atoms with van der Waals surface area (Å²) in [5, 5.41) is 2.24. The Morgan fingerprint density at radius 3 is 2.55 bits per heavy atom. The molecular weight excluding hydrogens is 297 g/mol. The van der Waals surface area contributed by atoms with Gasteiger partial charge in [-0.05, 0) is 13.8 Å². The van der Waals surface area contributed by atoms with Crippen molar-refractivity contribution in [3.05, 3.63) is 17.0 Å². The second kappa shape index (κ2) is 6.74. The molecule has 1 aromatic rings. The first-order valence-corrected chi connectivity index (χ1v) is 6.29. The van der Waals surface area contributed by atoms with Crippen LogP contribution in [0.4, 0.5) is 19.0 Å². The number of carbonyl (C=O) groups excluding carboxylic acids is 1. The third-order valence-corrected chi connectivity index (χ3v) is 2.54. The minimum absolute atomic E-state index is 0.0360. The zero-order valence-corrected chi connectivity index (χ0v) is 11.7. The molecule has 0 aromatic carbocycles. The van der Waals surface area contributed by atoms with Gasteiger partial charge >= 0.3 is 6.18 Å². The number of anilines is 1. The molecule has 20 heavy (non-hydrogen) atoms. The van der Waals surface area contributed by atoms with Gasteiger partial charge in [0.25, 0.3) is 0 Å². The fourth-order valence-corrected chi connectivity index (χ4v) is 1.65. The molecule has 0 saturated carbocycles. The summed E-state index contributed by atoms with van der Waals surface area (Å²) in [5.41, 5.74) is 0. The van der Waals surface area contributed by atoms with Crippen molar-refractivity contribution in [3.63, 3.8) is 0 Å². The van der Waals surface area contributed by atoms with Gasteiger partial charge in [-0.1, -0.05) is 11.6 Å². The van der Waals surface area contributed by atoms with Gasteiger partial charge in [-0.2, -0.15) is 13.2 Å². The summed E-state index contributed by atoms with van der Waals surface area (Å²) in [7, 11) is 0. The summed E-state index contributed by atoms with van der Waals surface area (Å²) >= 11 is 5.58. The summed E-state index contributed by atoms with van der Waals surface area (Å²) in [5.74, 6) is -1.67. The Kier molecular flexibility index (Phi) is 5.55. The van der Waals surface area contributed by atoms with Crippen LogP contribution in [0.5, 0.6) is 0 Å². The normalized spacial score (nSPS) is 11.3. The van der Waals surface area contributed by atoms with Crippen molar-refractivity contribution >= 4 is 23.3 Å². The van der Waals surface area contributed by atoms with Crippen LogP contribution in [0.15, 0.2) is 6.07 Å². The number of hydrogen-bond acceptors (Lipinski definition) is 4. The van der Waals surface area contributed by atoms with Gasteiger partial charge in [0, 0.05) is 19.2 Å². The van der Waals surface area contributed by atoms with Crippen LogP contribution in [-0.4, -0.2) is 35.5 Å². The molecule has 0 unspecified atom stereocenters. The average Bonchev–Trinajstić information content (AvgIpc) is 2.34. The molecule has 0 aliphatic carbocycles. The first-order valence-electron chi connectivity index (χ1n) is 5.91. The van der Waals surface area contributed by atoms with Crippen molar-refractivity contribution in [1.29, 1.82) is 0 Å². The Morgan fingerprint density at radius 2 is 2.05 bits per heavy atom. The van der Waals surface area contributed by atoms with Crippen LogP contribution in [0.2, 0.25) is 5.15 Å². The predicted molar refractivity (Wildman–Crippen MR) is 68.6 cm³/mol. The fraction of sp³-hybridized carbons (Fsp3) is 0.545. The highest BCUT2D eigenvalue weighted by Gasteiger charge is 2.35. The Labute approximate surface area is 119 Å². The lowest BCUT2D eigenvalue weighted by atomic mass is 10.4. The van der Waals surface area contributed by atoms with E-state index in [9.17, 15) is 18.0 Å². The zero-order chi connectivity index (χ0) is 15.3. The van der Waals surface area contributed by atoms with Crippen LogP contribution in [0.3, 0.4) is 0 Å².